The van der Waals surface area contributed by atoms with E-state index in [0.717, 1.165) is 25.4 Å². The summed E-state index contributed by atoms with van der Waals surface area (Å²) in [5.74, 6) is -0.195. The molecule has 0 unspecified atom stereocenters. The average Bonchev–Trinajstić information content (AvgIpc) is 2.75. The predicted octanol–water partition coefficient (Wildman–Crippen LogP) is 1.72. The van der Waals surface area contributed by atoms with Crippen molar-refractivity contribution >= 4 is 29.1 Å². The van der Waals surface area contributed by atoms with Gasteiger partial charge in [-0.2, -0.15) is 0 Å². The Bertz CT molecular complexity index is 757. The van der Waals surface area contributed by atoms with Crippen LogP contribution in [0.1, 0.15) is 26.2 Å². The smallest absolute Gasteiger partial charge is 0.302 e. The molecule has 0 fully saturated rings. The summed E-state index contributed by atoms with van der Waals surface area (Å²) in [6.45, 7) is 1.99. The Labute approximate surface area is 185 Å². The molecule has 0 aliphatic carbocycles. The van der Waals surface area contributed by atoms with E-state index in [1.807, 2.05) is 0 Å². The highest BCUT2D eigenvalue weighted by Crippen LogP contribution is 2.55. The molecule has 0 saturated carbocycles. The monoisotopic (exact) mass is 470 g/mol. The second-order valence-corrected chi connectivity index (χ2v) is 10.6. The first-order valence-corrected chi connectivity index (χ1v) is 11.9. The number of esters is 1. The van der Waals surface area contributed by atoms with Gasteiger partial charge in [-0.15, -0.1) is 0 Å². The molecule has 0 amide bonds. The number of unbranched alkanes of at least 4 members (excludes halogenated alkanes) is 2. The maximum Gasteiger partial charge on any atom is 0.302 e. The van der Waals surface area contributed by atoms with Crippen LogP contribution in [0, 0.1) is 0 Å². The van der Waals surface area contributed by atoms with Crippen LogP contribution in [-0.2, 0) is 9.53 Å². The molecule has 3 aromatic rings. The Morgan fingerprint density at radius 2 is 1.10 bits per heavy atom. The van der Waals surface area contributed by atoms with Crippen LogP contribution >= 0.6 is 7.26 Å². The molecule has 152 valence electrons. The van der Waals surface area contributed by atoms with Gasteiger partial charge < -0.3 is 21.7 Å². The van der Waals surface area contributed by atoms with E-state index in [1.165, 1.54) is 22.8 Å². The van der Waals surface area contributed by atoms with Crippen molar-refractivity contribution in [1.82, 2.24) is 0 Å². The fraction of sp³-hybridized carbons (Fsp3) is 0.240. The van der Waals surface area contributed by atoms with Crippen molar-refractivity contribution in [2.75, 3.05) is 12.8 Å². The van der Waals surface area contributed by atoms with E-state index in [-0.39, 0.29) is 23.0 Å². The SMILES string of the molecule is CC(=O)OCCCCC[P+](c1ccccc1)(c1ccccc1)c1ccccc1.[Br-]. The zero-order valence-electron chi connectivity index (χ0n) is 16.8. The van der Waals surface area contributed by atoms with Crippen molar-refractivity contribution in [2.45, 2.75) is 26.2 Å². The molecule has 0 N–H and O–H groups in total. The van der Waals surface area contributed by atoms with Crippen LogP contribution in [-0.4, -0.2) is 18.7 Å². The molecule has 0 bridgehead atoms. The molecular weight excluding hydrogens is 443 g/mol. The second kappa shape index (κ2) is 11.9. The third-order valence-corrected chi connectivity index (χ3v) is 9.56. The maximum atomic E-state index is 11.0. The summed E-state index contributed by atoms with van der Waals surface area (Å²) >= 11 is 0. The number of hydrogen-bond acceptors (Lipinski definition) is 2. The fourth-order valence-electron chi connectivity index (χ4n) is 3.73. The lowest BCUT2D eigenvalue weighted by Crippen LogP contribution is -3.00. The van der Waals surface area contributed by atoms with Gasteiger partial charge in [0.25, 0.3) is 0 Å². The molecule has 0 heterocycles. The predicted molar refractivity (Wildman–Crippen MR) is 120 cm³/mol. The first-order chi connectivity index (χ1) is 13.7. The summed E-state index contributed by atoms with van der Waals surface area (Å²) in [6.07, 6.45) is 4.19. The summed E-state index contributed by atoms with van der Waals surface area (Å²) in [5, 5.41) is 4.27. The van der Waals surface area contributed by atoms with Crippen molar-refractivity contribution in [2.24, 2.45) is 0 Å². The van der Waals surface area contributed by atoms with Gasteiger partial charge in [0.15, 0.2) is 0 Å². The first kappa shape index (κ1) is 23.3. The second-order valence-electron chi connectivity index (χ2n) is 6.94. The quantitative estimate of drug-likeness (QED) is 0.270. The van der Waals surface area contributed by atoms with E-state index >= 15 is 0 Å². The van der Waals surface area contributed by atoms with Crippen LogP contribution in [0.5, 0.6) is 0 Å². The molecule has 2 nitrogen and oxygen atoms in total. The minimum atomic E-state index is -1.73. The highest BCUT2D eigenvalue weighted by Gasteiger charge is 2.44. The first-order valence-electron chi connectivity index (χ1n) is 9.92. The average molecular weight is 471 g/mol. The molecular formula is C25H28BrO2P. The van der Waals surface area contributed by atoms with Gasteiger partial charge in [0.2, 0.25) is 0 Å². The highest BCUT2D eigenvalue weighted by molar-refractivity contribution is 7.95. The third-order valence-electron chi connectivity index (χ3n) is 5.03. The third kappa shape index (κ3) is 6.01. The van der Waals surface area contributed by atoms with Gasteiger partial charge in [-0.05, 0) is 55.7 Å². The van der Waals surface area contributed by atoms with Crippen molar-refractivity contribution in [1.29, 1.82) is 0 Å². The van der Waals surface area contributed by atoms with Gasteiger partial charge in [-0.1, -0.05) is 54.6 Å². The molecule has 3 rings (SSSR count). The molecule has 0 atom stereocenters. The summed E-state index contributed by atoms with van der Waals surface area (Å²) in [5.41, 5.74) is 0. The summed E-state index contributed by atoms with van der Waals surface area (Å²) < 4.78 is 5.10. The van der Waals surface area contributed by atoms with Gasteiger partial charge in [0.05, 0.1) is 12.8 Å². The topological polar surface area (TPSA) is 26.3 Å². The lowest BCUT2D eigenvalue weighted by molar-refractivity contribution is -0.141. The number of ether oxygens (including phenoxy) is 1. The Balaban J connectivity index is 0.00000300. The molecule has 29 heavy (non-hydrogen) atoms. The number of carbonyl (C=O) groups is 1. The summed E-state index contributed by atoms with van der Waals surface area (Å²) in [7, 11) is -1.73. The van der Waals surface area contributed by atoms with Gasteiger partial charge in [0, 0.05) is 6.92 Å². The van der Waals surface area contributed by atoms with Crippen molar-refractivity contribution < 1.29 is 26.5 Å². The molecule has 0 aromatic heterocycles. The zero-order chi connectivity index (χ0) is 19.7. The summed E-state index contributed by atoms with van der Waals surface area (Å²) in [6, 6.07) is 32.9. The molecule has 3 aromatic carbocycles. The Morgan fingerprint density at radius 3 is 1.48 bits per heavy atom. The molecule has 4 heteroatoms. The Morgan fingerprint density at radius 1 is 0.690 bits per heavy atom. The summed E-state index contributed by atoms with van der Waals surface area (Å²) in [4.78, 5) is 11.0. The zero-order valence-corrected chi connectivity index (χ0v) is 19.3. The van der Waals surface area contributed by atoms with Crippen LogP contribution in [0.4, 0.5) is 0 Å². The van der Waals surface area contributed by atoms with Crippen LogP contribution in [0.25, 0.3) is 0 Å². The van der Waals surface area contributed by atoms with Crippen molar-refractivity contribution in [3.63, 3.8) is 0 Å². The van der Waals surface area contributed by atoms with Crippen LogP contribution < -0.4 is 32.9 Å². The van der Waals surface area contributed by atoms with Crippen molar-refractivity contribution in [3.8, 4) is 0 Å². The van der Waals surface area contributed by atoms with E-state index in [0.29, 0.717) is 6.61 Å². The van der Waals surface area contributed by atoms with E-state index in [4.69, 9.17) is 4.74 Å². The lowest BCUT2D eigenvalue weighted by atomic mass is 10.3. The van der Waals surface area contributed by atoms with E-state index in [9.17, 15) is 4.79 Å². The van der Waals surface area contributed by atoms with E-state index < -0.39 is 7.26 Å². The molecule has 0 saturated heterocycles. The fourth-order valence-corrected chi connectivity index (χ4v) is 8.14. The maximum absolute atomic E-state index is 11.0. The molecule has 0 aliphatic heterocycles. The van der Waals surface area contributed by atoms with Crippen LogP contribution in [0.15, 0.2) is 91.0 Å². The van der Waals surface area contributed by atoms with Gasteiger partial charge in [0.1, 0.15) is 23.2 Å². The number of halogens is 1. The number of rotatable bonds is 9. The van der Waals surface area contributed by atoms with Crippen LogP contribution in [0.3, 0.4) is 0 Å². The van der Waals surface area contributed by atoms with Crippen molar-refractivity contribution in [3.05, 3.63) is 91.0 Å². The number of benzene rings is 3. The van der Waals surface area contributed by atoms with Crippen LogP contribution in [0.2, 0.25) is 0 Å². The molecule has 0 aliphatic rings. The minimum Gasteiger partial charge on any atom is -1.00 e. The Kier molecular flexibility index (Phi) is 9.57. The standard InChI is InChI=1S/C25H28O2P.BrH/c1-22(26)27-20-12-5-13-21-28(23-14-6-2-7-15-23,24-16-8-3-9-17-24)25-18-10-4-11-19-25;/h2-4,6-11,14-19H,5,12-13,20-21H2,1H3;1H/q+1;/p-1. The highest BCUT2D eigenvalue weighted by atomic mass is 79.9. The Hall–Kier alpha value is -1.96. The van der Waals surface area contributed by atoms with E-state index in [1.54, 1.807) is 0 Å². The van der Waals surface area contributed by atoms with E-state index in [2.05, 4.69) is 91.0 Å². The lowest BCUT2D eigenvalue weighted by Gasteiger charge is -2.27. The molecule has 0 radical (unpaired) electrons. The number of carbonyl (C=O) groups excluding carboxylic acids is 1. The molecule has 0 spiro atoms. The minimum absolute atomic E-state index is 0. The largest absolute Gasteiger partial charge is 1.00 e. The normalized spacial score (nSPS) is 10.8. The van der Waals surface area contributed by atoms with Gasteiger partial charge >= 0.3 is 5.97 Å². The number of hydrogen-bond donors (Lipinski definition) is 0. The van der Waals surface area contributed by atoms with Gasteiger partial charge in [-0.25, -0.2) is 0 Å². The van der Waals surface area contributed by atoms with Gasteiger partial charge in [-0.3, -0.25) is 4.79 Å².